The molecule has 0 unspecified atom stereocenters. The minimum absolute atomic E-state index is 0.103. The molecule has 0 heterocycles. The molecule has 0 atom stereocenters. The van der Waals surface area contributed by atoms with Crippen molar-refractivity contribution in [3.05, 3.63) is 63.4 Å². The summed E-state index contributed by atoms with van der Waals surface area (Å²) in [6, 6.07) is 9.02. The van der Waals surface area contributed by atoms with Crippen LogP contribution in [0, 0.1) is 5.82 Å². The van der Waals surface area contributed by atoms with Crippen molar-refractivity contribution in [1.82, 2.24) is 0 Å². The number of rotatable bonds is 4. The quantitative estimate of drug-likeness (QED) is 0.847. The lowest BCUT2D eigenvalue weighted by Crippen LogP contribution is -2.13. The van der Waals surface area contributed by atoms with E-state index in [2.05, 4.69) is 0 Å². The molecule has 0 spiro atoms. The van der Waals surface area contributed by atoms with E-state index in [1.54, 1.807) is 18.2 Å². The molecule has 0 aromatic heterocycles. The Kier molecular flexibility index (Phi) is 4.81. The Hall–Kier alpha value is -1.36. The maximum atomic E-state index is 13.3. The smallest absolute Gasteiger partial charge is 0.138 e. The van der Waals surface area contributed by atoms with Crippen molar-refractivity contribution in [3.8, 4) is 5.75 Å². The van der Waals surface area contributed by atoms with Crippen molar-refractivity contribution < 1.29 is 9.13 Å². The monoisotopic (exact) mass is 329 g/mol. The molecule has 2 N–H and O–H groups in total. The maximum absolute atomic E-state index is 13.3. The average Bonchev–Trinajstić information content (AvgIpc) is 2.37. The van der Waals surface area contributed by atoms with Gasteiger partial charge < -0.3 is 10.5 Å². The predicted octanol–water partition coefficient (Wildman–Crippen LogP) is 4.35. The van der Waals surface area contributed by atoms with Crippen LogP contribution in [0.5, 0.6) is 5.75 Å². The first-order valence-electron chi connectivity index (χ1n) is 5.63. The zero-order valence-corrected chi connectivity index (χ0v) is 12.5. The van der Waals surface area contributed by atoms with Crippen molar-refractivity contribution in [2.75, 3.05) is 0 Å². The van der Waals surface area contributed by atoms with Crippen molar-refractivity contribution in [2.45, 2.75) is 6.61 Å². The van der Waals surface area contributed by atoms with E-state index in [0.29, 0.717) is 26.9 Å². The number of benzene rings is 2. The minimum Gasteiger partial charge on any atom is -0.487 e. The van der Waals surface area contributed by atoms with Crippen molar-refractivity contribution >= 4 is 40.4 Å². The molecule has 0 aliphatic heterocycles. The summed E-state index contributed by atoms with van der Waals surface area (Å²) < 4.78 is 18.8. The highest BCUT2D eigenvalue weighted by atomic mass is 35.5. The molecule has 2 aromatic carbocycles. The minimum atomic E-state index is -0.384. The molecule has 0 aliphatic carbocycles. The first kappa shape index (κ1) is 15.0. The fourth-order valence-electron chi connectivity index (χ4n) is 1.67. The Bertz CT molecular complexity index is 664. The summed E-state index contributed by atoms with van der Waals surface area (Å²) in [5.74, 6) is 0.0695. The molecule has 20 heavy (non-hydrogen) atoms. The SMILES string of the molecule is NC(=S)c1ccc(F)cc1COc1ccc(Cl)cc1Cl. The highest BCUT2D eigenvalue weighted by Gasteiger charge is 2.09. The third-order valence-electron chi connectivity index (χ3n) is 2.61. The molecule has 0 fully saturated rings. The van der Waals surface area contributed by atoms with E-state index in [0.717, 1.165) is 0 Å². The van der Waals surface area contributed by atoms with E-state index in [4.69, 9.17) is 45.9 Å². The van der Waals surface area contributed by atoms with E-state index in [1.165, 1.54) is 18.2 Å². The molecule has 0 bridgehead atoms. The van der Waals surface area contributed by atoms with Gasteiger partial charge in [-0.2, -0.15) is 0 Å². The zero-order valence-electron chi connectivity index (χ0n) is 10.2. The Balaban J connectivity index is 2.22. The number of thiocarbonyl (C=S) groups is 1. The van der Waals surface area contributed by atoms with Gasteiger partial charge >= 0.3 is 0 Å². The van der Waals surface area contributed by atoms with E-state index in [-0.39, 0.29) is 17.4 Å². The third kappa shape index (κ3) is 3.60. The molecule has 0 aliphatic rings. The van der Waals surface area contributed by atoms with Crippen LogP contribution < -0.4 is 10.5 Å². The Morgan fingerprint density at radius 1 is 1.20 bits per heavy atom. The van der Waals surface area contributed by atoms with Gasteiger partial charge in [-0.15, -0.1) is 0 Å². The average molecular weight is 330 g/mol. The van der Waals surface area contributed by atoms with Gasteiger partial charge in [-0.25, -0.2) is 4.39 Å². The predicted molar refractivity (Wildman–Crippen MR) is 83.1 cm³/mol. The topological polar surface area (TPSA) is 35.2 Å². The summed E-state index contributed by atoms with van der Waals surface area (Å²) in [4.78, 5) is 0.186. The van der Waals surface area contributed by atoms with Gasteiger partial charge in [-0.1, -0.05) is 35.4 Å². The highest BCUT2D eigenvalue weighted by Crippen LogP contribution is 2.28. The standard InChI is InChI=1S/C14H10Cl2FNOS/c15-9-1-4-13(12(16)6-9)19-7-8-5-10(17)2-3-11(8)14(18)20/h1-6H,7H2,(H2,18,20). The van der Waals surface area contributed by atoms with Crippen LogP contribution in [0.25, 0.3) is 0 Å². The molecular formula is C14H10Cl2FNOS. The Labute approximate surface area is 131 Å². The Morgan fingerprint density at radius 3 is 2.60 bits per heavy atom. The number of hydrogen-bond donors (Lipinski definition) is 1. The molecular weight excluding hydrogens is 320 g/mol. The molecule has 0 saturated carbocycles. The lowest BCUT2D eigenvalue weighted by Gasteiger charge is -2.11. The van der Waals surface area contributed by atoms with Crippen LogP contribution in [0.2, 0.25) is 10.0 Å². The van der Waals surface area contributed by atoms with Crippen molar-refractivity contribution in [1.29, 1.82) is 0 Å². The van der Waals surface area contributed by atoms with Crippen LogP contribution in [-0.2, 0) is 6.61 Å². The van der Waals surface area contributed by atoms with Crippen LogP contribution in [0.4, 0.5) is 4.39 Å². The molecule has 2 rings (SSSR count). The normalized spacial score (nSPS) is 10.3. The van der Waals surface area contributed by atoms with Crippen LogP contribution in [0.1, 0.15) is 11.1 Å². The number of ether oxygens (including phenoxy) is 1. The molecule has 0 radical (unpaired) electrons. The molecule has 0 saturated heterocycles. The zero-order chi connectivity index (χ0) is 14.7. The second kappa shape index (κ2) is 6.39. The van der Waals surface area contributed by atoms with Crippen LogP contribution in [-0.4, -0.2) is 4.99 Å². The fraction of sp³-hybridized carbons (Fsp3) is 0.0714. The Morgan fingerprint density at radius 2 is 1.95 bits per heavy atom. The first-order valence-corrected chi connectivity index (χ1v) is 6.80. The number of halogens is 3. The van der Waals surface area contributed by atoms with Crippen molar-refractivity contribution in [3.63, 3.8) is 0 Å². The fourth-order valence-corrected chi connectivity index (χ4v) is 2.33. The second-order valence-corrected chi connectivity index (χ2v) is 5.31. The van der Waals surface area contributed by atoms with Gasteiger partial charge in [0.1, 0.15) is 23.2 Å². The summed E-state index contributed by atoms with van der Waals surface area (Å²) in [6.07, 6.45) is 0. The summed E-state index contributed by atoms with van der Waals surface area (Å²) in [5, 5.41) is 0.891. The lowest BCUT2D eigenvalue weighted by molar-refractivity contribution is 0.305. The van der Waals surface area contributed by atoms with Crippen LogP contribution in [0.15, 0.2) is 36.4 Å². The molecule has 104 valence electrons. The summed E-state index contributed by atoms with van der Waals surface area (Å²) >= 11 is 16.7. The van der Waals surface area contributed by atoms with E-state index < -0.39 is 0 Å². The first-order chi connectivity index (χ1) is 9.47. The maximum Gasteiger partial charge on any atom is 0.138 e. The lowest BCUT2D eigenvalue weighted by atomic mass is 10.1. The van der Waals surface area contributed by atoms with Crippen molar-refractivity contribution in [2.24, 2.45) is 5.73 Å². The molecule has 2 aromatic rings. The largest absolute Gasteiger partial charge is 0.487 e. The summed E-state index contributed by atoms with van der Waals surface area (Å²) in [5.41, 5.74) is 6.73. The summed E-state index contributed by atoms with van der Waals surface area (Å²) in [7, 11) is 0. The van der Waals surface area contributed by atoms with Gasteiger partial charge in [-0.3, -0.25) is 0 Å². The van der Waals surface area contributed by atoms with E-state index in [1.807, 2.05) is 0 Å². The van der Waals surface area contributed by atoms with E-state index in [9.17, 15) is 4.39 Å². The van der Waals surface area contributed by atoms with Gasteiger partial charge in [0.05, 0.1) is 5.02 Å². The number of hydrogen-bond acceptors (Lipinski definition) is 2. The molecule has 2 nitrogen and oxygen atoms in total. The van der Waals surface area contributed by atoms with Gasteiger partial charge in [0.15, 0.2) is 0 Å². The third-order valence-corrected chi connectivity index (χ3v) is 3.36. The molecule has 6 heteroatoms. The highest BCUT2D eigenvalue weighted by molar-refractivity contribution is 7.80. The van der Waals surface area contributed by atoms with Crippen LogP contribution in [0.3, 0.4) is 0 Å². The molecule has 0 amide bonds. The number of nitrogens with two attached hydrogens (primary N) is 1. The van der Waals surface area contributed by atoms with E-state index >= 15 is 0 Å². The van der Waals surface area contributed by atoms with Gasteiger partial charge in [-0.05, 0) is 36.4 Å². The van der Waals surface area contributed by atoms with Gasteiger partial charge in [0.25, 0.3) is 0 Å². The second-order valence-electron chi connectivity index (χ2n) is 4.03. The van der Waals surface area contributed by atoms with Crippen LogP contribution >= 0.6 is 35.4 Å². The summed E-state index contributed by atoms with van der Waals surface area (Å²) in [6.45, 7) is 0.103. The van der Waals surface area contributed by atoms with Gasteiger partial charge in [0.2, 0.25) is 0 Å². The van der Waals surface area contributed by atoms with Gasteiger partial charge in [0, 0.05) is 16.1 Å².